The number of nitrogens with one attached hydrogen (secondary N) is 1. The molecule has 0 bridgehead atoms. The molecule has 4 rings (SSSR count). The highest BCUT2D eigenvalue weighted by Gasteiger charge is 2.14. The maximum atomic E-state index is 5.45. The molecule has 0 unspecified atom stereocenters. The van der Waals surface area contributed by atoms with Crippen molar-refractivity contribution in [3.63, 3.8) is 0 Å². The molecule has 3 heterocycles. The Bertz CT molecular complexity index is 916. The molecule has 4 aromatic rings. The van der Waals surface area contributed by atoms with E-state index in [1.54, 1.807) is 23.9 Å². The third-order valence-electron chi connectivity index (χ3n) is 3.71. The molecule has 0 radical (unpaired) electrons. The molecule has 0 saturated carbocycles. The van der Waals surface area contributed by atoms with Gasteiger partial charge in [-0.1, -0.05) is 30.3 Å². The molecule has 0 saturated heterocycles. The van der Waals surface area contributed by atoms with Crippen LogP contribution < -0.4 is 5.32 Å². The first-order chi connectivity index (χ1) is 11.3. The fourth-order valence-electron chi connectivity index (χ4n) is 2.53. The number of fused-ring (bicyclic) bond motifs is 1. The van der Waals surface area contributed by atoms with Crippen LogP contribution in [-0.4, -0.2) is 9.97 Å². The molecule has 4 nitrogen and oxygen atoms in total. The van der Waals surface area contributed by atoms with Crippen molar-refractivity contribution in [2.24, 2.45) is 0 Å². The van der Waals surface area contributed by atoms with Crippen LogP contribution in [-0.2, 0) is 0 Å². The lowest BCUT2D eigenvalue weighted by atomic mass is 10.2. The first-order valence-electron chi connectivity index (χ1n) is 7.41. The van der Waals surface area contributed by atoms with E-state index in [2.05, 4.69) is 40.4 Å². The average Bonchev–Trinajstić information content (AvgIpc) is 3.26. The second-order valence-electron chi connectivity index (χ2n) is 5.30. The van der Waals surface area contributed by atoms with Crippen LogP contribution >= 0.6 is 11.3 Å². The Kier molecular flexibility index (Phi) is 3.55. The molecular formula is C18H15N3OS. The van der Waals surface area contributed by atoms with Gasteiger partial charge in [0, 0.05) is 4.88 Å². The van der Waals surface area contributed by atoms with Crippen LogP contribution in [0.4, 0.5) is 5.82 Å². The highest BCUT2D eigenvalue weighted by Crippen LogP contribution is 2.35. The van der Waals surface area contributed by atoms with E-state index in [0.717, 1.165) is 21.8 Å². The van der Waals surface area contributed by atoms with Gasteiger partial charge in [-0.15, -0.1) is 11.3 Å². The summed E-state index contributed by atoms with van der Waals surface area (Å²) < 4.78 is 5.45. The van der Waals surface area contributed by atoms with Gasteiger partial charge in [0.1, 0.15) is 22.7 Å². The van der Waals surface area contributed by atoms with Gasteiger partial charge < -0.3 is 9.73 Å². The van der Waals surface area contributed by atoms with Gasteiger partial charge in [-0.25, -0.2) is 9.97 Å². The maximum Gasteiger partial charge on any atom is 0.138 e. The zero-order chi connectivity index (χ0) is 15.6. The van der Waals surface area contributed by atoms with Gasteiger partial charge in [-0.3, -0.25) is 0 Å². The molecule has 3 aromatic heterocycles. The zero-order valence-corrected chi connectivity index (χ0v) is 13.4. The van der Waals surface area contributed by atoms with Crippen molar-refractivity contribution in [2.45, 2.75) is 13.0 Å². The Morgan fingerprint density at radius 3 is 2.74 bits per heavy atom. The minimum atomic E-state index is 0.0446. The summed E-state index contributed by atoms with van der Waals surface area (Å²) in [7, 11) is 0. The van der Waals surface area contributed by atoms with Crippen molar-refractivity contribution in [3.8, 4) is 10.4 Å². The molecule has 0 aliphatic heterocycles. The monoisotopic (exact) mass is 321 g/mol. The van der Waals surface area contributed by atoms with Gasteiger partial charge in [0.05, 0.1) is 17.7 Å². The minimum Gasteiger partial charge on any atom is -0.467 e. The van der Waals surface area contributed by atoms with E-state index in [0.29, 0.717) is 0 Å². The van der Waals surface area contributed by atoms with E-state index in [1.807, 2.05) is 30.3 Å². The first kappa shape index (κ1) is 14.0. The average molecular weight is 321 g/mol. The Morgan fingerprint density at radius 2 is 1.96 bits per heavy atom. The first-order valence-corrected chi connectivity index (χ1v) is 8.23. The van der Waals surface area contributed by atoms with Crippen LogP contribution in [0.3, 0.4) is 0 Å². The summed E-state index contributed by atoms with van der Waals surface area (Å²) in [6.07, 6.45) is 3.28. The number of aromatic nitrogens is 2. The second kappa shape index (κ2) is 5.85. The van der Waals surface area contributed by atoms with Gasteiger partial charge in [-0.05, 0) is 30.7 Å². The second-order valence-corrected chi connectivity index (χ2v) is 6.33. The molecule has 23 heavy (non-hydrogen) atoms. The van der Waals surface area contributed by atoms with Crippen molar-refractivity contribution in [3.05, 3.63) is 66.9 Å². The maximum absolute atomic E-state index is 5.45. The summed E-state index contributed by atoms with van der Waals surface area (Å²) in [5.41, 5.74) is 1.19. The number of thiophene rings is 1. The number of anilines is 1. The van der Waals surface area contributed by atoms with Gasteiger partial charge in [-0.2, -0.15) is 0 Å². The Hall–Kier alpha value is -2.66. The fraction of sp³-hybridized carbons (Fsp3) is 0.111. The minimum absolute atomic E-state index is 0.0446. The summed E-state index contributed by atoms with van der Waals surface area (Å²) in [5, 5.41) is 4.45. The van der Waals surface area contributed by atoms with Crippen LogP contribution in [0.2, 0.25) is 0 Å². The molecule has 1 atom stereocenters. The van der Waals surface area contributed by atoms with Crippen LogP contribution in [0.5, 0.6) is 0 Å². The van der Waals surface area contributed by atoms with E-state index < -0.39 is 0 Å². The number of benzene rings is 1. The van der Waals surface area contributed by atoms with Crippen molar-refractivity contribution in [1.29, 1.82) is 0 Å². The molecule has 0 amide bonds. The smallest absolute Gasteiger partial charge is 0.138 e. The fourth-order valence-corrected chi connectivity index (χ4v) is 3.53. The van der Waals surface area contributed by atoms with Crippen molar-refractivity contribution < 1.29 is 4.42 Å². The van der Waals surface area contributed by atoms with E-state index in [1.165, 1.54) is 10.4 Å². The van der Waals surface area contributed by atoms with Gasteiger partial charge in [0.15, 0.2) is 0 Å². The van der Waals surface area contributed by atoms with Crippen LogP contribution in [0, 0.1) is 0 Å². The third-order valence-corrected chi connectivity index (χ3v) is 4.80. The largest absolute Gasteiger partial charge is 0.467 e. The highest BCUT2D eigenvalue weighted by molar-refractivity contribution is 7.21. The zero-order valence-electron chi connectivity index (χ0n) is 12.6. The molecular weight excluding hydrogens is 306 g/mol. The van der Waals surface area contributed by atoms with Gasteiger partial charge in [0.2, 0.25) is 0 Å². The number of rotatable bonds is 4. The van der Waals surface area contributed by atoms with Gasteiger partial charge >= 0.3 is 0 Å². The Balaban J connectivity index is 1.72. The topological polar surface area (TPSA) is 51.0 Å². The molecule has 0 spiro atoms. The van der Waals surface area contributed by atoms with Crippen molar-refractivity contribution in [1.82, 2.24) is 9.97 Å². The molecule has 1 N–H and O–H groups in total. The molecule has 114 valence electrons. The van der Waals surface area contributed by atoms with Crippen LogP contribution in [0.1, 0.15) is 18.7 Å². The Labute approximate surface area is 137 Å². The molecule has 0 aliphatic carbocycles. The molecule has 0 aliphatic rings. The number of hydrogen-bond donors (Lipinski definition) is 1. The number of nitrogens with zero attached hydrogens (tertiary/aromatic N) is 2. The molecule has 5 heteroatoms. The van der Waals surface area contributed by atoms with E-state index >= 15 is 0 Å². The molecule has 0 fully saturated rings. The lowest BCUT2D eigenvalue weighted by Crippen LogP contribution is -2.07. The van der Waals surface area contributed by atoms with Crippen LogP contribution in [0.25, 0.3) is 20.7 Å². The summed E-state index contributed by atoms with van der Waals surface area (Å²) in [6.45, 7) is 2.05. The lowest BCUT2D eigenvalue weighted by Gasteiger charge is -2.12. The predicted molar refractivity (Wildman–Crippen MR) is 93.6 cm³/mol. The summed E-state index contributed by atoms with van der Waals surface area (Å²) in [6, 6.07) is 16.4. The summed E-state index contributed by atoms with van der Waals surface area (Å²) >= 11 is 1.67. The van der Waals surface area contributed by atoms with Gasteiger partial charge in [0.25, 0.3) is 0 Å². The normalized spacial score (nSPS) is 12.4. The van der Waals surface area contributed by atoms with Crippen molar-refractivity contribution in [2.75, 3.05) is 5.32 Å². The predicted octanol–water partition coefficient (Wildman–Crippen LogP) is 5.12. The number of hydrogen-bond acceptors (Lipinski definition) is 5. The standard InChI is InChI=1S/C18H15N3OS/c1-12(15-8-5-9-22-15)21-17-14-10-16(13-6-3-2-4-7-13)23-18(14)20-11-19-17/h2-12H,1H3,(H,19,20,21)/t12-/m1/s1. The quantitative estimate of drug-likeness (QED) is 0.566. The summed E-state index contributed by atoms with van der Waals surface area (Å²) in [5.74, 6) is 1.72. The molecule has 1 aromatic carbocycles. The Morgan fingerprint density at radius 1 is 1.09 bits per heavy atom. The third kappa shape index (κ3) is 2.71. The van der Waals surface area contributed by atoms with E-state index in [-0.39, 0.29) is 6.04 Å². The van der Waals surface area contributed by atoms with E-state index in [9.17, 15) is 0 Å². The SMILES string of the molecule is C[C@@H](Nc1ncnc2sc(-c3ccccc3)cc12)c1ccco1. The highest BCUT2D eigenvalue weighted by atomic mass is 32.1. The van der Waals surface area contributed by atoms with E-state index in [4.69, 9.17) is 4.42 Å². The van der Waals surface area contributed by atoms with Crippen LogP contribution in [0.15, 0.2) is 65.5 Å². The summed E-state index contributed by atoms with van der Waals surface area (Å²) in [4.78, 5) is 11.0. The lowest BCUT2D eigenvalue weighted by molar-refractivity contribution is 0.490. The number of furan rings is 1. The van der Waals surface area contributed by atoms with Crippen molar-refractivity contribution >= 4 is 27.4 Å².